The summed E-state index contributed by atoms with van der Waals surface area (Å²) in [6.07, 6.45) is 5.98. The first kappa shape index (κ1) is 19.7. The molecule has 3 aliphatic rings. The Morgan fingerprint density at radius 1 is 1.30 bits per heavy atom. The Morgan fingerprint density at radius 3 is 2.83 bits per heavy atom. The Bertz CT molecular complexity index is 906. The minimum absolute atomic E-state index is 0.0574. The third-order valence-corrected chi connectivity index (χ3v) is 6.85. The van der Waals surface area contributed by atoms with Crippen molar-refractivity contribution in [2.75, 3.05) is 13.1 Å². The number of aliphatic hydroxyl groups is 1. The predicted octanol–water partition coefficient (Wildman–Crippen LogP) is 2.67. The Kier molecular flexibility index (Phi) is 5.33. The maximum atomic E-state index is 13.6. The highest BCUT2D eigenvalue weighted by Crippen LogP contribution is 2.42. The summed E-state index contributed by atoms with van der Waals surface area (Å²) in [5, 5.41) is 14.7. The Hall–Kier alpha value is -2.25. The first-order valence-corrected chi connectivity index (χ1v) is 11.1. The molecule has 1 aromatic heterocycles. The topological polar surface area (TPSA) is 81.2 Å². The van der Waals surface area contributed by atoms with Crippen LogP contribution in [0.3, 0.4) is 0 Å². The molecule has 3 N–H and O–H groups in total. The quantitative estimate of drug-likeness (QED) is 0.681. The first-order valence-electron chi connectivity index (χ1n) is 11.1. The molecule has 160 valence electrons. The number of carbonyl (C=O) groups is 1. The van der Waals surface area contributed by atoms with Gasteiger partial charge in [-0.05, 0) is 49.8 Å². The second-order valence-corrected chi connectivity index (χ2v) is 9.01. The molecule has 0 radical (unpaired) electrons. The van der Waals surface area contributed by atoms with Gasteiger partial charge in [0.05, 0.1) is 12.0 Å². The lowest BCUT2D eigenvalue weighted by Gasteiger charge is -2.24. The second kappa shape index (κ2) is 8.12. The normalized spacial score (nSPS) is 28.9. The number of rotatable bonds is 6. The van der Waals surface area contributed by atoms with Gasteiger partial charge in [0.2, 0.25) is 5.91 Å². The molecule has 2 aliphatic carbocycles. The lowest BCUT2D eigenvalue weighted by Crippen LogP contribution is -2.38. The standard InChI is InChI=1S/C23H29FN4O2/c24-16-5-3-4-14(10-16)12-25-18-11-17(23(30)28-8-1-2-9-28)21(29)20(18)19-13-26-22(27-19)15-6-7-15/h3-5,10,13,15,17-18,20-21,25,29H,1-2,6-9,11-12H2,(H,26,27)/t17-,18+,20+,21+/m0/s1. The van der Waals surface area contributed by atoms with E-state index < -0.39 is 12.0 Å². The summed E-state index contributed by atoms with van der Waals surface area (Å²) in [6.45, 7) is 2.05. The number of aromatic nitrogens is 2. The maximum Gasteiger partial charge on any atom is 0.228 e. The SMILES string of the molecule is O=C([C@H]1C[C@@H](NCc2cccc(F)c2)[C@H](c2cnc(C3CC3)[nH]2)[C@@H]1O)N1CCCC1. The molecule has 2 saturated carbocycles. The number of nitrogens with zero attached hydrogens (tertiary/aromatic N) is 2. The van der Waals surface area contributed by atoms with Crippen molar-refractivity contribution in [3.63, 3.8) is 0 Å². The van der Waals surface area contributed by atoms with E-state index in [-0.39, 0.29) is 23.7 Å². The molecule has 1 saturated heterocycles. The van der Waals surface area contributed by atoms with Crippen LogP contribution in [0.2, 0.25) is 0 Å². The van der Waals surface area contributed by atoms with E-state index in [1.807, 2.05) is 17.2 Å². The van der Waals surface area contributed by atoms with Gasteiger partial charge in [-0.1, -0.05) is 12.1 Å². The van der Waals surface area contributed by atoms with E-state index in [1.165, 1.54) is 12.1 Å². The van der Waals surface area contributed by atoms with Gasteiger partial charge in [0.25, 0.3) is 0 Å². The molecule has 0 unspecified atom stereocenters. The molecular formula is C23H29FN4O2. The van der Waals surface area contributed by atoms with Crippen LogP contribution in [0, 0.1) is 11.7 Å². The molecule has 30 heavy (non-hydrogen) atoms. The molecule has 2 heterocycles. The van der Waals surface area contributed by atoms with Gasteiger partial charge in [-0.3, -0.25) is 4.79 Å². The molecule has 7 heteroatoms. The summed E-state index contributed by atoms with van der Waals surface area (Å²) in [7, 11) is 0. The number of halogens is 1. The van der Waals surface area contributed by atoms with E-state index in [2.05, 4.69) is 15.3 Å². The summed E-state index contributed by atoms with van der Waals surface area (Å²) in [6, 6.07) is 6.43. The predicted molar refractivity (Wildman–Crippen MR) is 110 cm³/mol. The second-order valence-electron chi connectivity index (χ2n) is 9.01. The van der Waals surface area contributed by atoms with Crippen LogP contribution >= 0.6 is 0 Å². The highest BCUT2D eigenvalue weighted by molar-refractivity contribution is 5.80. The van der Waals surface area contributed by atoms with Crippen molar-refractivity contribution in [2.24, 2.45) is 5.92 Å². The lowest BCUT2D eigenvalue weighted by atomic mass is 9.95. The minimum Gasteiger partial charge on any atom is -0.392 e. The summed E-state index contributed by atoms with van der Waals surface area (Å²) in [5.41, 5.74) is 1.73. The van der Waals surface area contributed by atoms with E-state index in [0.717, 1.165) is 55.9 Å². The number of hydrogen-bond donors (Lipinski definition) is 3. The molecule has 6 nitrogen and oxygen atoms in total. The number of carbonyl (C=O) groups excluding carboxylic acids is 1. The Morgan fingerprint density at radius 2 is 2.10 bits per heavy atom. The number of imidazole rings is 1. The van der Waals surface area contributed by atoms with E-state index in [4.69, 9.17) is 0 Å². The van der Waals surface area contributed by atoms with E-state index in [1.54, 1.807) is 6.07 Å². The summed E-state index contributed by atoms with van der Waals surface area (Å²) < 4.78 is 13.6. The van der Waals surface area contributed by atoms with Crippen molar-refractivity contribution < 1.29 is 14.3 Å². The monoisotopic (exact) mass is 412 g/mol. The van der Waals surface area contributed by atoms with Crippen molar-refractivity contribution in [1.82, 2.24) is 20.2 Å². The lowest BCUT2D eigenvalue weighted by molar-refractivity contribution is -0.137. The third kappa shape index (κ3) is 3.88. The fourth-order valence-corrected chi connectivity index (χ4v) is 5.06. The van der Waals surface area contributed by atoms with Crippen LogP contribution < -0.4 is 5.32 Å². The van der Waals surface area contributed by atoms with Gasteiger partial charge in [0, 0.05) is 49.4 Å². The van der Waals surface area contributed by atoms with Crippen LogP contribution in [-0.2, 0) is 11.3 Å². The fourth-order valence-electron chi connectivity index (χ4n) is 5.06. The summed E-state index contributed by atoms with van der Waals surface area (Å²) in [5.74, 6) is 0.610. The Balaban J connectivity index is 1.36. The zero-order valence-electron chi connectivity index (χ0n) is 17.1. The van der Waals surface area contributed by atoms with Crippen LogP contribution in [0.25, 0.3) is 0 Å². The highest BCUT2D eigenvalue weighted by Gasteiger charge is 2.48. The number of aliphatic hydroxyl groups excluding tert-OH is 1. The zero-order chi connectivity index (χ0) is 20.7. The van der Waals surface area contributed by atoms with Gasteiger partial charge in [-0.15, -0.1) is 0 Å². The largest absolute Gasteiger partial charge is 0.392 e. The van der Waals surface area contributed by atoms with E-state index >= 15 is 0 Å². The van der Waals surface area contributed by atoms with Crippen LogP contribution in [0.15, 0.2) is 30.5 Å². The van der Waals surface area contributed by atoms with Gasteiger partial charge in [-0.25, -0.2) is 9.37 Å². The van der Waals surface area contributed by atoms with Crippen LogP contribution in [0.5, 0.6) is 0 Å². The van der Waals surface area contributed by atoms with Crippen molar-refractivity contribution in [3.05, 3.63) is 53.4 Å². The molecule has 3 fully saturated rings. The summed E-state index contributed by atoms with van der Waals surface area (Å²) >= 11 is 0. The number of benzene rings is 1. The number of amides is 1. The van der Waals surface area contributed by atoms with Gasteiger partial charge in [-0.2, -0.15) is 0 Å². The molecule has 1 aromatic carbocycles. The molecule has 1 aliphatic heterocycles. The van der Waals surface area contributed by atoms with Gasteiger partial charge in [0.15, 0.2) is 0 Å². The maximum absolute atomic E-state index is 13.6. The van der Waals surface area contributed by atoms with Crippen molar-refractivity contribution in [2.45, 2.75) is 62.6 Å². The van der Waals surface area contributed by atoms with Gasteiger partial charge >= 0.3 is 0 Å². The molecule has 2 aromatic rings. The smallest absolute Gasteiger partial charge is 0.228 e. The number of H-pyrrole nitrogens is 1. The number of nitrogens with one attached hydrogen (secondary N) is 2. The number of hydrogen-bond acceptors (Lipinski definition) is 4. The molecule has 5 rings (SSSR count). The summed E-state index contributed by atoms with van der Waals surface area (Å²) in [4.78, 5) is 22.9. The highest BCUT2D eigenvalue weighted by atomic mass is 19.1. The molecule has 4 atom stereocenters. The molecule has 0 bridgehead atoms. The van der Waals surface area contributed by atoms with Crippen molar-refractivity contribution >= 4 is 5.91 Å². The molecule has 0 spiro atoms. The molecule has 1 amide bonds. The van der Waals surface area contributed by atoms with Crippen LogP contribution in [-0.4, -0.2) is 51.1 Å². The minimum atomic E-state index is -0.768. The average Bonchev–Trinajstić information content (AvgIpc) is 3.14. The van der Waals surface area contributed by atoms with Crippen LogP contribution in [0.1, 0.15) is 61.0 Å². The zero-order valence-corrected chi connectivity index (χ0v) is 17.1. The van der Waals surface area contributed by atoms with E-state index in [0.29, 0.717) is 18.9 Å². The third-order valence-electron chi connectivity index (χ3n) is 6.85. The number of likely N-dealkylation sites (tertiary alicyclic amines) is 1. The first-order chi connectivity index (χ1) is 14.6. The fraction of sp³-hybridized carbons (Fsp3) is 0.565. The van der Waals surface area contributed by atoms with E-state index in [9.17, 15) is 14.3 Å². The van der Waals surface area contributed by atoms with Crippen molar-refractivity contribution in [1.29, 1.82) is 0 Å². The van der Waals surface area contributed by atoms with Gasteiger partial charge in [0.1, 0.15) is 11.6 Å². The molecular weight excluding hydrogens is 383 g/mol. The van der Waals surface area contributed by atoms with Gasteiger partial charge < -0.3 is 20.3 Å². The van der Waals surface area contributed by atoms with Crippen molar-refractivity contribution in [3.8, 4) is 0 Å². The average molecular weight is 413 g/mol. The Labute approximate surface area is 175 Å². The van der Waals surface area contributed by atoms with Crippen LogP contribution in [0.4, 0.5) is 4.39 Å². The number of aromatic amines is 1.